The Morgan fingerprint density at radius 3 is 2.50 bits per heavy atom. The average Bonchev–Trinajstić information content (AvgIpc) is 2.26. The number of esters is 1. The Morgan fingerprint density at radius 2 is 2.06 bits per heavy atom. The molecule has 7 heteroatoms. The van der Waals surface area contributed by atoms with Crippen molar-refractivity contribution in [2.24, 2.45) is 0 Å². The highest BCUT2D eigenvalue weighted by Gasteiger charge is 2.20. The molecule has 1 aromatic carbocycles. The van der Waals surface area contributed by atoms with E-state index in [-0.39, 0.29) is 21.2 Å². The number of hydrogen-bond donors (Lipinski definition) is 1. The van der Waals surface area contributed by atoms with Gasteiger partial charge in [0.15, 0.2) is 16.8 Å². The second-order valence-corrected chi connectivity index (χ2v) is 4.10. The van der Waals surface area contributed by atoms with E-state index in [9.17, 15) is 9.00 Å². The summed E-state index contributed by atoms with van der Waals surface area (Å²) in [4.78, 5) is 11.3. The highest BCUT2D eigenvalue weighted by Crippen LogP contribution is 2.30. The molecule has 1 rings (SSSR count). The molecule has 0 aromatic heterocycles. The summed E-state index contributed by atoms with van der Waals surface area (Å²) in [6.07, 6.45) is 0. The van der Waals surface area contributed by atoms with Crippen molar-refractivity contribution in [3.8, 4) is 5.75 Å². The molecule has 0 heterocycles. The van der Waals surface area contributed by atoms with Crippen LogP contribution in [-0.2, 0) is 15.8 Å². The van der Waals surface area contributed by atoms with E-state index >= 15 is 0 Å². The maximum Gasteiger partial charge on any atom is 0.341 e. The molecule has 0 amide bonds. The van der Waals surface area contributed by atoms with Gasteiger partial charge in [0.1, 0.15) is 10.5 Å². The molecular weight excluding hydrogens is 256 g/mol. The fraction of sp³-hybridized carbons (Fsp3) is 0.222. The summed E-state index contributed by atoms with van der Waals surface area (Å²) < 4.78 is 29.5. The summed E-state index contributed by atoms with van der Waals surface area (Å²) in [7, 11) is 2.48. The lowest BCUT2D eigenvalue weighted by atomic mass is 10.2. The smallest absolute Gasteiger partial charge is 0.341 e. The standard InChI is InChI=1S/C9H9ClO5S/c1-14-8-6(9(11)15-2)3-5(10)4-7(8)16(12)13/h3-4H,1-2H3,(H,12,13). The number of ether oxygens (including phenoxy) is 2. The van der Waals surface area contributed by atoms with Crippen molar-refractivity contribution in [1.29, 1.82) is 0 Å². The fourth-order valence-corrected chi connectivity index (χ4v) is 2.03. The Labute approximate surface area is 99.6 Å². The van der Waals surface area contributed by atoms with Crippen LogP contribution in [0.2, 0.25) is 5.02 Å². The molecule has 1 aromatic rings. The number of benzene rings is 1. The third-order valence-corrected chi connectivity index (χ3v) is 2.71. The van der Waals surface area contributed by atoms with Gasteiger partial charge in [-0.3, -0.25) is 0 Å². The van der Waals surface area contributed by atoms with Crippen LogP contribution in [0.25, 0.3) is 0 Å². The molecule has 0 spiro atoms. The van der Waals surface area contributed by atoms with E-state index in [4.69, 9.17) is 20.9 Å². The van der Waals surface area contributed by atoms with Crippen molar-refractivity contribution >= 4 is 28.7 Å². The van der Waals surface area contributed by atoms with E-state index in [0.29, 0.717) is 0 Å². The van der Waals surface area contributed by atoms with Gasteiger partial charge in [0.2, 0.25) is 0 Å². The normalized spacial score (nSPS) is 12.0. The first-order chi connectivity index (χ1) is 7.51. The molecule has 16 heavy (non-hydrogen) atoms. The predicted octanol–water partition coefficient (Wildman–Crippen LogP) is 1.72. The van der Waals surface area contributed by atoms with Gasteiger partial charge >= 0.3 is 5.97 Å². The van der Waals surface area contributed by atoms with Gasteiger partial charge in [-0.15, -0.1) is 0 Å². The first kappa shape index (κ1) is 13.0. The van der Waals surface area contributed by atoms with Crippen molar-refractivity contribution in [3.63, 3.8) is 0 Å². The number of halogens is 1. The van der Waals surface area contributed by atoms with Crippen LogP contribution in [-0.4, -0.2) is 29.0 Å². The zero-order valence-corrected chi connectivity index (χ0v) is 10.1. The Hall–Kier alpha value is -1.11. The van der Waals surface area contributed by atoms with E-state index in [2.05, 4.69) is 4.74 Å². The third kappa shape index (κ3) is 2.52. The molecule has 0 radical (unpaired) electrons. The van der Waals surface area contributed by atoms with E-state index in [1.54, 1.807) is 0 Å². The summed E-state index contributed by atoms with van der Waals surface area (Å²) >= 11 is 3.42. The fourth-order valence-electron chi connectivity index (χ4n) is 1.17. The zero-order valence-electron chi connectivity index (χ0n) is 8.52. The third-order valence-electron chi connectivity index (χ3n) is 1.82. The lowest BCUT2D eigenvalue weighted by molar-refractivity contribution is 0.0596. The summed E-state index contributed by atoms with van der Waals surface area (Å²) in [6, 6.07) is 2.56. The van der Waals surface area contributed by atoms with Crippen LogP contribution in [0.1, 0.15) is 10.4 Å². The van der Waals surface area contributed by atoms with Crippen molar-refractivity contribution < 1.29 is 23.0 Å². The van der Waals surface area contributed by atoms with Crippen LogP contribution in [0.4, 0.5) is 0 Å². The van der Waals surface area contributed by atoms with Crippen LogP contribution < -0.4 is 4.74 Å². The summed E-state index contributed by atoms with van der Waals surface area (Å²) in [5.74, 6) is -0.705. The maximum atomic E-state index is 11.4. The quantitative estimate of drug-likeness (QED) is 0.665. The van der Waals surface area contributed by atoms with Gasteiger partial charge < -0.3 is 14.0 Å². The first-order valence-electron chi connectivity index (χ1n) is 4.08. The second-order valence-electron chi connectivity index (χ2n) is 2.73. The monoisotopic (exact) mass is 264 g/mol. The molecular formula is C9H9ClO5S. The lowest BCUT2D eigenvalue weighted by Crippen LogP contribution is -2.07. The molecule has 1 atom stereocenters. The van der Waals surface area contributed by atoms with Gasteiger partial charge in [-0.1, -0.05) is 11.6 Å². The number of rotatable bonds is 3. The van der Waals surface area contributed by atoms with Crippen LogP contribution in [0.5, 0.6) is 5.75 Å². The molecule has 0 aliphatic carbocycles. The van der Waals surface area contributed by atoms with Crippen molar-refractivity contribution in [2.45, 2.75) is 4.90 Å². The average molecular weight is 265 g/mol. The molecule has 5 nitrogen and oxygen atoms in total. The van der Waals surface area contributed by atoms with E-state index in [0.717, 1.165) is 0 Å². The van der Waals surface area contributed by atoms with E-state index < -0.39 is 17.0 Å². The number of carbonyl (C=O) groups is 1. The van der Waals surface area contributed by atoms with Gasteiger partial charge in [-0.05, 0) is 12.1 Å². The number of carbonyl (C=O) groups excluding carboxylic acids is 1. The van der Waals surface area contributed by atoms with Crippen LogP contribution in [0.3, 0.4) is 0 Å². The highest BCUT2D eigenvalue weighted by molar-refractivity contribution is 7.79. The number of methoxy groups -OCH3 is 2. The minimum Gasteiger partial charge on any atom is -0.494 e. The molecule has 1 N–H and O–H groups in total. The summed E-state index contributed by atoms with van der Waals surface area (Å²) in [5.41, 5.74) is 0.00917. The molecule has 0 bridgehead atoms. The van der Waals surface area contributed by atoms with Crippen molar-refractivity contribution in [1.82, 2.24) is 0 Å². The van der Waals surface area contributed by atoms with Crippen molar-refractivity contribution in [2.75, 3.05) is 14.2 Å². The Morgan fingerprint density at radius 1 is 1.44 bits per heavy atom. The van der Waals surface area contributed by atoms with Gasteiger partial charge in [-0.25, -0.2) is 9.00 Å². The van der Waals surface area contributed by atoms with Gasteiger partial charge in [-0.2, -0.15) is 0 Å². The molecule has 1 unspecified atom stereocenters. The summed E-state index contributed by atoms with van der Waals surface area (Å²) in [6.45, 7) is 0. The van der Waals surface area contributed by atoms with E-state index in [1.807, 2.05) is 0 Å². The largest absolute Gasteiger partial charge is 0.494 e. The second kappa shape index (κ2) is 5.29. The first-order valence-corrected chi connectivity index (χ1v) is 5.56. The molecule has 0 saturated carbocycles. The summed E-state index contributed by atoms with van der Waals surface area (Å²) in [5, 5.41) is 0.151. The van der Waals surface area contributed by atoms with Crippen LogP contribution in [0, 0.1) is 0 Å². The minimum absolute atomic E-state index is 0.00917. The van der Waals surface area contributed by atoms with Gasteiger partial charge in [0.05, 0.1) is 14.2 Å². The molecule has 0 fully saturated rings. The molecule has 0 aliphatic heterocycles. The lowest BCUT2D eigenvalue weighted by Gasteiger charge is -2.10. The van der Waals surface area contributed by atoms with Gasteiger partial charge in [0, 0.05) is 5.02 Å². The van der Waals surface area contributed by atoms with Crippen LogP contribution >= 0.6 is 11.6 Å². The Kier molecular flexibility index (Phi) is 4.28. The maximum absolute atomic E-state index is 11.4. The minimum atomic E-state index is -2.30. The highest BCUT2D eigenvalue weighted by atomic mass is 35.5. The van der Waals surface area contributed by atoms with Crippen molar-refractivity contribution in [3.05, 3.63) is 22.7 Å². The zero-order chi connectivity index (χ0) is 12.3. The van der Waals surface area contributed by atoms with Gasteiger partial charge in [0.25, 0.3) is 0 Å². The topological polar surface area (TPSA) is 72.8 Å². The number of hydrogen-bond acceptors (Lipinski definition) is 4. The Balaban J connectivity index is 3.48. The van der Waals surface area contributed by atoms with Crippen LogP contribution in [0.15, 0.2) is 17.0 Å². The molecule has 0 aliphatic rings. The Bertz CT molecular complexity index is 446. The van der Waals surface area contributed by atoms with E-state index in [1.165, 1.54) is 26.4 Å². The SMILES string of the molecule is COC(=O)c1cc(Cl)cc(S(=O)O)c1OC. The molecule has 88 valence electrons. The molecule has 0 saturated heterocycles. The predicted molar refractivity (Wildman–Crippen MR) is 58.4 cm³/mol.